The van der Waals surface area contributed by atoms with Crippen LogP contribution in [0.4, 0.5) is 18.9 Å². The molecule has 0 spiro atoms. The Bertz CT molecular complexity index is 1090. The summed E-state index contributed by atoms with van der Waals surface area (Å²) in [4.78, 5) is 20.4. The van der Waals surface area contributed by atoms with E-state index >= 15 is 0 Å². The van der Waals surface area contributed by atoms with Crippen LogP contribution < -0.4 is 11.1 Å². The van der Waals surface area contributed by atoms with Gasteiger partial charge < -0.3 is 39.5 Å². The summed E-state index contributed by atoms with van der Waals surface area (Å²) in [5.74, 6) is -5.17. The maximum atomic E-state index is 14.5. The minimum atomic E-state index is -3.36. The second-order valence-electron chi connectivity index (χ2n) is 7.24. The molecule has 0 aliphatic rings. The number of nitrogens with zero attached hydrogens (tertiary/aromatic N) is 4. The molecule has 2 aromatic rings. The molecule has 1 atom stereocenters. The number of alkyl halides is 2. The Morgan fingerprint density at radius 1 is 1.41 bits per heavy atom. The van der Waals surface area contributed by atoms with Crippen LogP contribution in [0.5, 0.6) is 0 Å². The second kappa shape index (κ2) is 12.6. The first-order valence-corrected chi connectivity index (χ1v) is 9.27. The fraction of sp³-hybridized carbons (Fsp3) is 0.286. The molecule has 1 heterocycles. The standard InChI is InChI=1S/C21H22F3N7O.H2O.Sc/c1-12-6-13(8-25)9-28-17(12)18(32)30-14-4-5-16(22)15(7-14)20(2,3)31-19(27)29-11-21(23,24)10-26;;/h4-7,9,26H,2,10-11H2,1,3H3,(H4,27,29,30,31,32);1H2;/q-2;;+3/p-1/t20-;;/m1../s1. The van der Waals surface area contributed by atoms with E-state index in [2.05, 4.69) is 27.5 Å². The number of carbonyl (C=O) groups excluding carboxylic acids is 1. The number of hydrogen-bond donors (Lipinski definition) is 2. The Morgan fingerprint density at radius 2 is 2.06 bits per heavy atom. The molecule has 1 aromatic carbocycles. The summed E-state index contributed by atoms with van der Waals surface area (Å²) < 4.78 is 40.9. The van der Waals surface area contributed by atoms with Gasteiger partial charge in [0.05, 0.1) is 5.56 Å². The molecular formula is C21H23F3N7O2Sc. The monoisotopic (exact) mass is 507 g/mol. The van der Waals surface area contributed by atoms with E-state index in [1.165, 1.54) is 31.3 Å². The Labute approximate surface area is 213 Å². The van der Waals surface area contributed by atoms with Gasteiger partial charge in [-0.1, -0.05) is 19.0 Å². The smallest absolute Gasteiger partial charge is 0.673 e. The molecule has 34 heavy (non-hydrogen) atoms. The van der Waals surface area contributed by atoms with Gasteiger partial charge in [-0.2, -0.15) is 5.26 Å². The van der Waals surface area contributed by atoms with E-state index in [0.29, 0.717) is 11.1 Å². The minimum absolute atomic E-state index is 0. The minimum Gasteiger partial charge on any atom is -0.673 e. The Hall–Kier alpha value is -2.82. The number of nitrogens with one attached hydrogen (secondary N) is 2. The summed E-state index contributed by atoms with van der Waals surface area (Å²) in [6.45, 7) is 4.60. The van der Waals surface area contributed by atoms with Gasteiger partial charge in [-0.05, 0) is 42.3 Å². The SMILES string of the molecule is O.[CH2-][C@](C)(N=C(N)[N-]CC(F)(F)C[NH-])c1cc(NC(=O)c2ncc(C#N)cc2C)ccc1F.[Sc+3]. The van der Waals surface area contributed by atoms with Crippen LogP contribution in [-0.2, 0) is 31.4 Å². The van der Waals surface area contributed by atoms with Crippen molar-refractivity contribution in [1.29, 1.82) is 5.26 Å². The van der Waals surface area contributed by atoms with Crippen molar-refractivity contribution in [3.8, 4) is 6.07 Å². The van der Waals surface area contributed by atoms with Crippen LogP contribution in [0.1, 0.15) is 34.1 Å². The molecule has 0 aliphatic carbocycles. The third kappa shape index (κ3) is 8.19. The average molecular weight is 507 g/mol. The van der Waals surface area contributed by atoms with Crippen LogP contribution in [0.25, 0.3) is 11.1 Å². The summed E-state index contributed by atoms with van der Waals surface area (Å²) in [5.41, 5.74) is 11.8. The fourth-order valence-electron chi connectivity index (χ4n) is 2.68. The van der Waals surface area contributed by atoms with E-state index in [4.69, 9.17) is 16.7 Å². The van der Waals surface area contributed by atoms with Gasteiger partial charge in [0.25, 0.3) is 5.91 Å². The first-order valence-electron chi connectivity index (χ1n) is 9.27. The van der Waals surface area contributed by atoms with E-state index in [0.717, 1.165) is 6.07 Å². The number of guanidine groups is 1. The van der Waals surface area contributed by atoms with Crippen molar-refractivity contribution in [2.75, 3.05) is 18.4 Å². The molecule has 0 fully saturated rings. The predicted octanol–water partition coefficient (Wildman–Crippen LogP) is 3.25. The van der Waals surface area contributed by atoms with Crippen molar-refractivity contribution < 1.29 is 49.3 Å². The third-order valence-electron chi connectivity index (χ3n) is 4.32. The number of rotatable bonds is 7. The number of hydrogen-bond acceptors (Lipinski definition) is 4. The molecule has 9 nitrogen and oxygen atoms in total. The molecule has 0 bridgehead atoms. The molecule has 0 saturated heterocycles. The number of carbonyl (C=O) groups is 1. The summed E-state index contributed by atoms with van der Waals surface area (Å²) in [6, 6.07) is 7.13. The van der Waals surface area contributed by atoms with Gasteiger partial charge in [0.2, 0.25) is 5.92 Å². The van der Waals surface area contributed by atoms with Gasteiger partial charge in [0.15, 0.2) is 0 Å². The van der Waals surface area contributed by atoms with Gasteiger partial charge in [-0.15, -0.1) is 0 Å². The quantitative estimate of drug-likeness (QED) is 0.333. The van der Waals surface area contributed by atoms with Gasteiger partial charge in [0, 0.05) is 24.4 Å². The maximum Gasteiger partial charge on any atom is 3.00 e. The van der Waals surface area contributed by atoms with Crippen molar-refractivity contribution >= 4 is 17.6 Å². The number of pyridine rings is 1. The van der Waals surface area contributed by atoms with Crippen LogP contribution in [0.15, 0.2) is 35.5 Å². The molecule has 1 amide bonds. The second-order valence-corrected chi connectivity index (χ2v) is 7.24. The van der Waals surface area contributed by atoms with Crippen molar-refractivity contribution in [3.63, 3.8) is 0 Å². The van der Waals surface area contributed by atoms with Gasteiger partial charge in [0.1, 0.15) is 17.6 Å². The molecule has 0 unspecified atom stereocenters. The van der Waals surface area contributed by atoms with Crippen LogP contribution in [0, 0.1) is 31.0 Å². The number of anilines is 1. The molecule has 0 saturated carbocycles. The largest absolute Gasteiger partial charge is 3.00 e. The number of amides is 1. The van der Waals surface area contributed by atoms with Gasteiger partial charge in [-0.3, -0.25) is 4.79 Å². The first kappa shape index (κ1) is 31.2. The number of nitriles is 1. The van der Waals surface area contributed by atoms with Gasteiger partial charge >= 0.3 is 25.8 Å². The molecule has 0 aliphatic heterocycles. The van der Waals surface area contributed by atoms with E-state index in [9.17, 15) is 18.0 Å². The zero-order chi connectivity index (χ0) is 24.1. The molecule has 0 radical (unpaired) electrons. The molecule has 13 heteroatoms. The average Bonchev–Trinajstić information content (AvgIpc) is 2.73. The van der Waals surface area contributed by atoms with E-state index in [1.54, 1.807) is 6.92 Å². The number of nitrogens with two attached hydrogens (primary N) is 1. The molecule has 2 rings (SSSR count). The summed E-state index contributed by atoms with van der Waals surface area (Å²) in [7, 11) is 0. The van der Waals surface area contributed by atoms with E-state index in [-0.39, 0.29) is 48.3 Å². The number of aryl methyl sites for hydroxylation is 1. The van der Waals surface area contributed by atoms with Crippen LogP contribution >= 0.6 is 0 Å². The Balaban J connectivity index is 0.00000544. The number of halogens is 3. The van der Waals surface area contributed by atoms with Crippen LogP contribution in [0.2, 0.25) is 0 Å². The van der Waals surface area contributed by atoms with Gasteiger partial charge in [-0.25, -0.2) is 18.2 Å². The van der Waals surface area contributed by atoms with E-state index < -0.39 is 42.2 Å². The zero-order valence-corrected chi connectivity index (χ0v) is 20.3. The Kier molecular flexibility index (Phi) is 11.5. The third-order valence-corrected chi connectivity index (χ3v) is 4.32. The van der Waals surface area contributed by atoms with E-state index in [1.807, 2.05) is 6.07 Å². The molecule has 1 aromatic heterocycles. The topological polar surface area (TPSA) is 174 Å². The Morgan fingerprint density at radius 3 is 2.62 bits per heavy atom. The summed E-state index contributed by atoms with van der Waals surface area (Å²) in [5, 5.41) is 14.9. The van der Waals surface area contributed by atoms with Crippen LogP contribution in [-0.4, -0.2) is 41.3 Å². The van der Waals surface area contributed by atoms with Crippen molar-refractivity contribution in [3.05, 3.63) is 76.6 Å². The van der Waals surface area contributed by atoms with Crippen LogP contribution in [0.3, 0.4) is 0 Å². The first-order chi connectivity index (χ1) is 14.9. The molecular weight excluding hydrogens is 484 g/mol. The zero-order valence-electron chi connectivity index (χ0n) is 18.5. The van der Waals surface area contributed by atoms with Crippen molar-refractivity contribution in [2.24, 2.45) is 10.7 Å². The molecule has 6 N–H and O–H groups in total. The van der Waals surface area contributed by atoms with Crippen molar-refractivity contribution in [2.45, 2.75) is 25.3 Å². The summed E-state index contributed by atoms with van der Waals surface area (Å²) >= 11 is 0. The maximum absolute atomic E-state index is 14.5. The number of aromatic nitrogens is 1. The fourth-order valence-corrected chi connectivity index (χ4v) is 2.68. The molecule has 178 valence electrons. The van der Waals surface area contributed by atoms with Crippen molar-refractivity contribution in [1.82, 2.24) is 4.98 Å². The number of benzene rings is 1. The predicted molar refractivity (Wildman–Crippen MR) is 118 cm³/mol. The number of aliphatic imine (C=N–C) groups is 1. The normalized spacial score (nSPS) is 12.9. The summed E-state index contributed by atoms with van der Waals surface area (Å²) in [6.07, 6.45) is 1.26.